The van der Waals surface area contributed by atoms with Gasteiger partial charge in [0.15, 0.2) is 0 Å². The van der Waals surface area contributed by atoms with Crippen LogP contribution in [0.5, 0.6) is 0 Å². The number of benzene rings is 2. The van der Waals surface area contributed by atoms with E-state index in [0.29, 0.717) is 34.6 Å². The summed E-state index contributed by atoms with van der Waals surface area (Å²) in [7, 11) is 0. The second-order valence-corrected chi connectivity index (χ2v) is 8.03. The Labute approximate surface area is 191 Å². The van der Waals surface area contributed by atoms with Gasteiger partial charge in [-0.15, -0.1) is 5.10 Å². The van der Waals surface area contributed by atoms with Crippen LogP contribution in [-0.2, 0) is 0 Å². The molecule has 0 aliphatic heterocycles. The van der Waals surface area contributed by atoms with Gasteiger partial charge in [0.1, 0.15) is 5.69 Å². The number of nitrogens with zero attached hydrogens (tertiary/aromatic N) is 5. The Morgan fingerprint density at radius 1 is 1.00 bits per heavy atom. The summed E-state index contributed by atoms with van der Waals surface area (Å²) in [4.78, 5) is 21.4. The molecular weight excluding hydrogens is 416 g/mol. The van der Waals surface area contributed by atoms with Crippen molar-refractivity contribution in [2.75, 3.05) is 16.4 Å². The van der Waals surface area contributed by atoms with E-state index < -0.39 is 0 Å². The summed E-state index contributed by atoms with van der Waals surface area (Å²) >= 11 is 0. The number of amides is 1. The lowest BCUT2D eigenvalue weighted by atomic mass is 10.2. The van der Waals surface area contributed by atoms with E-state index in [0.717, 1.165) is 24.2 Å². The third kappa shape index (κ3) is 4.67. The molecule has 0 spiro atoms. The molecule has 1 amide bonds. The molecule has 2 heterocycles. The smallest absolute Gasteiger partial charge is 0.255 e. The molecule has 4 aromatic rings. The quantitative estimate of drug-likeness (QED) is 0.379. The molecule has 2 aromatic heterocycles. The highest BCUT2D eigenvalue weighted by Gasteiger charge is 2.19. The molecule has 9 heteroatoms. The fourth-order valence-electron chi connectivity index (χ4n) is 3.94. The van der Waals surface area contributed by atoms with E-state index in [2.05, 4.69) is 30.9 Å². The highest BCUT2D eigenvalue weighted by molar-refractivity contribution is 6.05. The minimum Gasteiger partial charge on any atom is -0.397 e. The Morgan fingerprint density at radius 3 is 2.58 bits per heavy atom. The lowest BCUT2D eigenvalue weighted by Crippen LogP contribution is -2.13. The van der Waals surface area contributed by atoms with Crippen LogP contribution in [0.4, 0.5) is 23.0 Å². The molecular formula is C24H24N8O. The number of carbonyl (C=O) groups is 1. The predicted molar refractivity (Wildman–Crippen MR) is 127 cm³/mol. The average molecular weight is 441 g/mol. The van der Waals surface area contributed by atoms with Crippen LogP contribution in [0.25, 0.3) is 11.4 Å². The standard InChI is InChI=1S/C24H24N8O/c25-19-7-3-4-8-20(19)28-23(33)16-9-11-17(12-10-16)27-24-26-14-13-21(29-24)22-15-32(31-30-22)18-5-1-2-6-18/h3-4,7-15,18H,1-2,5-6,25H2,(H,28,33)(H,26,27,29). The number of nitrogen functional groups attached to an aromatic ring is 1. The molecule has 0 unspecified atom stereocenters. The summed E-state index contributed by atoms with van der Waals surface area (Å²) in [6, 6.07) is 16.5. The Hall–Kier alpha value is -4.27. The first-order chi connectivity index (χ1) is 16.2. The second-order valence-electron chi connectivity index (χ2n) is 8.03. The van der Waals surface area contributed by atoms with Gasteiger partial charge >= 0.3 is 0 Å². The fraction of sp³-hybridized carbons (Fsp3) is 0.208. The molecule has 0 saturated heterocycles. The summed E-state index contributed by atoms with van der Waals surface area (Å²) in [6.07, 6.45) is 8.41. The van der Waals surface area contributed by atoms with Crippen LogP contribution in [0.15, 0.2) is 67.0 Å². The minimum absolute atomic E-state index is 0.233. The summed E-state index contributed by atoms with van der Waals surface area (Å²) in [5.74, 6) is 0.209. The molecule has 4 N–H and O–H groups in total. The van der Waals surface area contributed by atoms with Crippen molar-refractivity contribution in [3.05, 3.63) is 72.6 Å². The van der Waals surface area contributed by atoms with E-state index in [1.165, 1.54) is 12.8 Å². The van der Waals surface area contributed by atoms with E-state index in [-0.39, 0.29) is 5.91 Å². The van der Waals surface area contributed by atoms with Gasteiger partial charge in [-0.05, 0) is 55.3 Å². The summed E-state index contributed by atoms with van der Waals surface area (Å²) in [6.45, 7) is 0. The van der Waals surface area contributed by atoms with Gasteiger partial charge in [0.25, 0.3) is 5.91 Å². The average Bonchev–Trinajstić information content (AvgIpc) is 3.54. The number of para-hydroxylation sites is 2. The zero-order chi connectivity index (χ0) is 22.6. The van der Waals surface area contributed by atoms with Crippen LogP contribution < -0.4 is 16.4 Å². The zero-order valence-corrected chi connectivity index (χ0v) is 18.0. The molecule has 1 saturated carbocycles. The third-order valence-electron chi connectivity index (χ3n) is 5.74. The maximum Gasteiger partial charge on any atom is 0.255 e. The van der Waals surface area contributed by atoms with Gasteiger partial charge < -0.3 is 16.4 Å². The molecule has 0 radical (unpaired) electrons. The van der Waals surface area contributed by atoms with Gasteiger partial charge in [0.05, 0.1) is 29.3 Å². The maximum absolute atomic E-state index is 12.5. The molecule has 9 nitrogen and oxygen atoms in total. The first kappa shape index (κ1) is 20.6. The van der Waals surface area contributed by atoms with E-state index in [9.17, 15) is 4.79 Å². The molecule has 2 aromatic carbocycles. The van der Waals surface area contributed by atoms with Crippen LogP contribution in [-0.4, -0.2) is 30.9 Å². The molecule has 5 rings (SSSR count). The highest BCUT2D eigenvalue weighted by atomic mass is 16.1. The van der Waals surface area contributed by atoms with Crippen molar-refractivity contribution < 1.29 is 4.79 Å². The molecule has 1 aliphatic carbocycles. The number of hydrogen-bond donors (Lipinski definition) is 3. The molecule has 1 aliphatic rings. The topological polar surface area (TPSA) is 124 Å². The highest BCUT2D eigenvalue weighted by Crippen LogP contribution is 2.29. The van der Waals surface area contributed by atoms with Crippen molar-refractivity contribution in [2.24, 2.45) is 0 Å². The van der Waals surface area contributed by atoms with Gasteiger partial charge in [0, 0.05) is 17.4 Å². The van der Waals surface area contributed by atoms with Crippen LogP contribution in [0.2, 0.25) is 0 Å². The second kappa shape index (κ2) is 9.07. The number of aromatic nitrogens is 5. The summed E-state index contributed by atoms with van der Waals surface area (Å²) < 4.78 is 1.95. The summed E-state index contributed by atoms with van der Waals surface area (Å²) in [5.41, 5.74) is 9.70. The van der Waals surface area contributed by atoms with Crippen molar-refractivity contribution in [1.82, 2.24) is 25.0 Å². The largest absolute Gasteiger partial charge is 0.397 e. The van der Waals surface area contributed by atoms with Crippen LogP contribution >= 0.6 is 0 Å². The molecule has 166 valence electrons. The number of rotatable bonds is 6. The van der Waals surface area contributed by atoms with Gasteiger partial charge in [-0.25, -0.2) is 14.6 Å². The normalized spacial score (nSPS) is 13.7. The molecule has 0 bridgehead atoms. The van der Waals surface area contributed by atoms with E-state index >= 15 is 0 Å². The van der Waals surface area contributed by atoms with E-state index in [1.807, 2.05) is 29.1 Å². The van der Waals surface area contributed by atoms with Crippen molar-refractivity contribution in [1.29, 1.82) is 0 Å². The number of nitrogens with one attached hydrogen (secondary N) is 2. The van der Waals surface area contributed by atoms with Crippen LogP contribution in [0, 0.1) is 0 Å². The van der Waals surface area contributed by atoms with Crippen LogP contribution in [0.1, 0.15) is 42.1 Å². The van der Waals surface area contributed by atoms with Gasteiger partial charge in [-0.2, -0.15) is 0 Å². The van der Waals surface area contributed by atoms with Crippen molar-refractivity contribution in [3.8, 4) is 11.4 Å². The maximum atomic E-state index is 12.5. The number of anilines is 4. The monoisotopic (exact) mass is 440 g/mol. The van der Waals surface area contributed by atoms with Crippen molar-refractivity contribution in [2.45, 2.75) is 31.7 Å². The molecule has 0 atom stereocenters. The van der Waals surface area contributed by atoms with Gasteiger partial charge in [-0.3, -0.25) is 4.79 Å². The lowest BCUT2D eigenvalue weighted by molar-refractivity contribution is 0.102. The van der Waals surface area contributed by atoms with Crippen molar-refractivity contribution in [3.63, 3.8) is 0 Å². The lowest BCUT2D eigenvalue weighted by Gasteiger charge is -2.09. The number of carbonyl (C=O) groups excluding carboxylic acids is 1. The first-order valence-corrected chi connectivity index (χ1v) is 10.9. The van der Waals surface area contributed by atoms with Crippen LogP contribution in [0.3, 0.4) is 0 Å². The molecule has 33 heavy (non-hydrogen) atoms. The zero-order valence-electron chi connectivity index (χ0n) is 18.0. The van der Waals surface area contributed by atoms with E-state index in [1.54, 1.807) is 42.6 Å². The number of nitrogens with two attached hydrogens (primary N) is 1. The van der Waals surface area contributed by atoms with Crippen molar-refractivity contribution >= 4 is 28.9 Å². The first-order valence-electron chi connectivity index (χ1n) is 10.9. The van der Waals surface area contributed by atoms with Gasteiger partial charge in [-0.1, -0.05) is 30.2 Å². The summed E-state index contributed by atoms with van der Waals surface area (Å²) in [5, 5.41) is 14.6. The Kier molecular flexibility index (Phi) is 5.67. The van der Waals surface area contributed by atoms with Gasteiger partial charge in [0.2, 0.25) is 5.95 Å². The van der Waals surface area contributed by atoms with E-state index in [4.69, 9.17) is 5.73 Å². The Balaban J connectivity index is 1.26. The predicted octanol–water partition coefficient (Wildman–Crippen LogP) is 4.43. The Morgan fingerprint density at radius 2 is 1.79 bits per heavy atom. The number of hydrogen-bond acceptors (Lipinski definition) is 7. The molecule has 1 fully saturated rings. The third-order valence-corrected chi connectivity index (χ3v) is 5.74. The SMILES string of the molecule is Nc1ccccc1NC(=O)c1ccc(Nc2nccc(-c3cn(C4CCCC4)nn3)n2)cc1. The fourth-order valence-corrected chi connectivity index (χ4v) is 3.94. The minimum atomic E-state index is -0.233. The Bertz CT molecular complexity index is 1260.